The number of fused-ring (bicyclic) bond motifs is 2. The molecule has 1 aliphatic heterocycles. The molecule has 1 aromatic rings. The van der Waals surface area contributed by atoms with E-state index in [2.05, 4.69) is 17.1 Å². The van der Waals surface area contributed by atoms with E-state index in [-0.39, 0.29) is 12.0 Å². The van der Waals surface area contributed by atoms with Crippen molar-refractivity contribution in [3.8, 4) is 0 Å². The SMILES string of the molecule is O=C([C@@H]1CCCO1)N(Cc1cccnc1)C[C@@H]1C[C@@H]2C=C[C@H]1C2. The van der Waals surface area contributed by atoms with Crippen LogP contribution in [0.5, 0.6) is 0 Å². The van der Waals surface area contributed by atoms with E-state index in [1.807, 2.05) is 23.2 Å². The average Bonchev–Trinajstić information content (AvgIpc) is 3.32. The number of carbonyl (C=O) groups excluding carboxylic acids is 1. The molecule has 4 heteroatoms. The highest BCUT2D eigenvalue weighted by molar-refractivity contribution is 5.81. The zero-order valence-electron chi connectivity index (χ0n) is 13.4. The second kappa shape index (κ2) is 6.44. The van der Waals surface area contributed by atoms with Crippen LogP contribution in [0, 0.1) is 17.8 Å². The topological polar surface area (TPSA) is 42.4 Å². The van der Waals surface area contributed by atoms with Gasteiger partial charge in [-0.15, -0.1) is 0 Å². The Morgan fingerprint density at radius 3 is 2.96 bits per heavy atom. The molecule has 2 bridgehead atoms. The molecule has 0 spiro atoms. The number of nitrogens with zero attached hydrogens (tertiary/aromatic N) is 2. The number of allylic oxidation sites excluding steroid dienone is 2. The van der Waals surface area contributed by atoms with Gasteiger partial charge in [0.25, 0.3) is 5.91 Å². The van der Waals surface area contributed by atoms with Crippen LogP contribution in [-0.2, 0) is 16.1 Å². The molecule has 2 aliphatic carbocycles. The minimum Gasteiger partial charge on any atom is -0.368 e. The van der Waals surface area contributed by atoms with Crippen LogP contribution in [0.2, 0.25) is 0 Å². The fourth-order valence-corrected chi connectivity index (χ4v) is 4.31. The zero-order chi connectivity index (χ0) is 15.6. The number of carbonyl (C=O) groups is 1. The van der Waals surface area contributed by atoms with E-state index in [1.165, 1.54) is 12.8 Å². The van der Waals surface area contributed by atoms with Gasteiger partial charge in [0.1, 0.15) is 6.10 Å². The number of amides is 1. The van der Waals surface area contributed by atoms with Crippen molar-refractivity contribution in [2.75, 3.05) is 13.2 Å². The van der Waals surface area contributed by atoms with Gasteiger partial charge in [-0.2, -0.15) is 0 Å². The van der Waals surface area contributed by atoms with E-state index in [0.717, 1.165) is 30.9 Å². The standard InChI is InChI=1S/C19H24N2O2/c22-19(18-4-2-8-23-18)21(12-15-3-1-7-20-11-15)13-17-10-14-5-6-16(17)9-14/h1,3,5-7,11,14,16-18H,2,4,8-10,12-13H2/t14-,16+,17+,18+/m1/s1. The molecule has 1 amide bonds. The Balaban J connectivity index is 1.48. The maximum atomic E-state index is 12.9. The van der Waals surface area contributed by atoms with Gasteiger partial charge in [0, 0.05) is 32.1 Å². The highest BCUT2D eigenvalue weighted by Gasteiger charge is 2.38. The van der Waals surface area contributed by atoms with Gasteiger partial charge in [0.2, 0.25) is 0 Å². The lowest BCUT2D eigenvalue weighted by Gasteiger charge is -2.30. The van der Waals surface area contributed by atoms with Gasteiger partial charge in [-0.05, 0) is 55.1 Å². The van der Waals surface area contributed by atoms with Crippen molar-refractivity contribution in [2.45, 2.75) is 38.3 Å². The van der Waals surface area contributed by atoms with Crippen LogP contribution in [0.4, 0.5) is 0 Å². The van der Waals surface area contributed by atoms with Crippen LogP contribution in [-0.4, -0.2) is 35.0 Å². The molecule has 1 aromatic heterocycles. The van der Waals surface area contributed by atoms with Crippen molar-refractivity contribution in [3.05, 3.63) is 42.2 Å². The lowest BCUT2D eigenvalue weighted by atomic mass is 9.92. The molecular weight excluding hydrogens is 288 g/mol. The van der Waals surface area contributed by atoms with Gasteiger partial charge in [0.15, 0.2) is 0 Å². The summed E-state index contributed by atoms with van der Waals surface area (Å²) in [6.45, 7) is 2.21. The molecule has 1 saturated heterocycles. The van der Waals surface area contributed by atoms with E-state index in [9.17, 15) is 4.79 Å². The third-order valence-corrected chi connectivity index (χ3v) is 5.48. The molecular formula is C19H24N2O2. The number of aromatic nitrogens is 1. The molecule has 3 aliphatic rings. The zero-order valence-corrected chi connectivity index (χ0v) is 13.4. The minimum absolute atomic E-state index is 0.165. The molecule has 2 fully saturated rings. The lowest BCUT2D eigenvalue weighted by Crippen LogP contribution is -2.42. The molecule has 2 heterocycles. The van der Waals surface area contributed by atoms with Crippen molar-refractivity contribution >= 4 is 5.91 Å². The summed E-state index contributed by atoms with van der Waals surface area (Å²) >= 11 is 0. The maximum absolute atomic E-state index is 12.9. The van der Waals surface area contributed by atoms with E-state index in [1.54, 1.807) is 6.20 Å². The lowest BCUT2D eigenvalue weighted by molar-refractivity contribution is -0.142. The van der Waals surface area contributed by atoms with Crippen LogP contribution in [0.15, 0.2) is 36.7 Å². The van der Waals surface area contributed by atoms with E-state index in [0.29, 0.717) is 25.0 Å². The summed E-state index contributed by atoms with van der Waals surface area (Å²) in [4.78, 5) is 19.1. The van der Waals surface area contributed by atoms with Gasteiger partial charge in [-0.3, -0.25) is 9.78 Å². The molecule has 1 saturated carbocycles. The molecule has 23 heavy (non-hydrogen) atoms. The van der Waals surface area contributed by atoms with Crippen LogP contribution < -0.4 is 0 Å². The van der Waals surface area contributed by atoms with Crippen LogP contribution in [0.25, 0.3) is 0 Å². The summed E-state index contributed by atoms with van der Waals surface area (Å²) in [5.74, 6) is 2.17. The highest BCUT2D eigenvalue weighted by Crippen LogP contribution is 2.43. The Bertz CT molecular complexity index is 580. The summed E-state index contributed by atoms with van der Waals surface area (Å²) in [5, 5.41) is 0. The predicted octanol–water partition coefficient (Wildman–Crippen LogP) is 2.80. The first-order chi connectivity index (χ1) is 11.3. The predicted molar refractivity (Wildman–Crippen MR) is 87.5 cm³/mol. The normalized spacial score (nSPS) is 31.7. The molecule has 0 unspecified atom stereocenters. The second-order valence-electron chi connectivity index (χ2n) is 7.12. The average molecular weight is 312 g/mol. The van der Waals surface area contributed by atoms with E-state index >= 15 is 0 Å². The Kier molecular flexibility index (Phi) is 4.17. The number of ether oxygens (including phenoxy) is 1. The van der Waals surface area contributed by atoms with Crippen molar-refractivity contribution in [1.29, 1.82) is 0 Å². The summed E-state index contributed by atoms with van der Waals surface area (Å²) in [6.07, 6.45) is 12.5. The first-order valence-corrected chi connectivity index (χ1v) is 8.77. The van der Waals surface area contributed by atoms with Crippen molar-refractivity contribution in [1.82, 2.24) is 9.88 Å². The minimum atomic E-state index is -0.235. The molecule has 122 valence electrons. The molecule has 0 N–H and O–H groups in total. The Morgan fingerprint density at radius 1 is 1.35 bits per heavy atom. The van der Waals surface area contributed by atoms with Crippen LogP contribution >= 0.6 is 0 Å². The van der Waals surface area contributed by atoms with E-state index < -0.39 is 0 Å². The molecule has 4 atom stereocenters. The first-order valence-electron chi connectivity index (χ1n) is 8.77. The van der Waals surface area contributed by atoms with Gasteiger partial charge in [0.05, 0.1) is 0 Å². The Morgan fingerprint density at radius 2 is 2.30 bits per heavy atom. The molecule has 4 rings (SSSR count). The summed E-state index contributed by atoms with van der Waals surface area (Å²) in [6, 6.07) is 3.98. The van der Waals surface area contributed by atoms with Crippen molar-refractivity contribution in [2.24, 2.45) is 17.8 Å². The molecule has 0 radical (unpaired) electrons. The number of pyridine rings is 1. The van der Waals surface area contributed by atoms with Crippen molar-refractivity contribution in [3.63, 3.8) is 0 Å². The summed E-state index contributed by atoms with van der Waals surface area (Å²) in [5.41, 5.74) is 1.09. The molecule has 4 nitrogen and oxygen atoms in total. The largest absolute Gasteiger partial charge is 0.368 e. The smallest absolute Gasteiger partial charge is 0.252 e. The Labute approximate surface area is 137 Å². The molecule has 0 aromatic carbocycles. The van der Waals surface area contributed by atoms with Crippen LogP contribution in [0.3, 0.4) is 0 Å². The van der Waals surface area contributed by atoms with Crippen molar-refractivity contribution < 1.29 is 9.53 Å². The third-order valence-electron chi connectivity index (χ3n) is 5.48. The van der Waals surface area contributed by atoms with Gasteiger partial charge >= 0.3 is 0 Å². The maximum Gasteiger partial charge on any atom is 0.252 e. The second-order valence-corrected chi connectivity index (χ2v) is 7.12. The van der Waals surface area contributed by atoms with Gasteiger partial charge in [-0.25, -0.2) is 0 Å². The fourth-order valence-electron chi connectivity index (χ4n) is 4.31. The Hall–Kier alpha value is -1.68. The first kappa shape index (κ1) is 14.9. The summed E-state index contributed by atoms with van der Waals surface area (Å²) in [7, 11) is 0. The highest BCUT2D eigenvalue weighted by atomic mass is 16.5. The fraction of sp³-hybridized carbons (Fsp3) is 0.579. The number of hydrogen-bond donors (Lipinski definition) is 0. The van der Waals surface area contributed by atoms with E-state index in [4.69, 9.17) is 4.74 Å². The number of rotatable bonds is 5. The van der Waals surface area contributed by atoms with Gasteiger partial charge < -0.3 is 9.64 Å². The summed E-state index contributed by atoms with van der Waals surface area (Å²) < 4.78 is 5.64. The monoisotopic (exact) mass is 312 g/mol. The third kappa shape index (κ3) is 3.18. The van der Waals surface area contributed by atoms with Crippen LogP contribution in [0.1, 0.15) is 31.2 Å². The number of hydrogen-bond acceptors (Lipinski definition) is 3. The quantitative estimate of drug-likeness (QED) is 0.785. The van der Waals surface area contributed by atoms with Gasteiger partial charge in [-0.1, -0.05) is 18.2 Å².